The number of amides is 1. The molecule has 1 aromatic carbocycles. The highest BCUT2D eigenvalue weighted by atomic mass is 127. The molecule has 1 aliphatic rings. The van der Waals surface area contributed by atoms with Gasteiger partial charge in [0.05, 0.1) is 0 Å². The first-order valence-corrected chi connectivity index (χ1v) is 8.00. The molecule has 1 heterocycles. The van der Waals surface area contributed by atoms with Crippen LogP contribution in [0.4, 0.5) is 8.78 Å². The van der Waals surface area contributed by atoms with Gasteiger partial charge in [-0.25, -0.2) is 13.8 Å². The Hall–Kier alpha value is -1.45. The maximum atomic E-state index is 13.9. The topological polar surface area (TPSA) is 47.9 Å². The largest absolute Gasteiger partial charge is 0.354 e. The molecule has 1 aromatic rings. The molecule has 0 saturated carbocycles. The summed E-state index contributed by atoms with van der Waals surface area (Å²) in [6.45, 7) is 4.90. The van der Waals surface area contributed by atoms with Gasteiger partial charge in [0.25, 0.3) is 0 Å². The molecule has 1 amide bonds. The summed E-state index contributed by atoms with van der Waals surface area (Å²) < 4.78 is 27.3. The van der Waals surface area contributed by atoms with Gasteiger partial charge in [0, 0.05) is 39.3 Å². The van der Waals surface area contributed by atoms with Crippen molar-refractivity contribution < 1.29 is 13.6 Å². The number of likely N-dealkylation sites (N-methyl/N-ethyl adjacent to an activating group) is 1. The molecule has 0 saturated heterocycles. The Morgan fingerprint density at radius 2 is 2.04 bits per heavy atom. The molecule has 1 N–H and O–H groups in total. The average molecular weight is 466 g/mol. The van der Waals surface area contributed by atoms with Gasteiger partial charge < -0.3 is 15.1 Å². The van der Waals surface area contributed by atoms with Crippen LogP contribution >= 0.6 is 24.0 Å². The second kappa shape index (κ2) is 9.30. The van der Waals surface area contributed by atoms with Gasteiger partial charge in [-0.05, 0) is 37.5 Å². The number of aliphatic imine (C=N–C) groups is 1. The minimum Gasteiger partial charge on any atom is -0.354 e. The number of carbonyl (C=O) groups excluding carboxylic acids is 1. The fourth-order valence-electron chi connectivity index (χ4n) is 2.57. The zero-order valence-corrected chi connectivity index (χ0v) is 17.3. The number of nitrogens with zero attached hydrogens (tertiary/aromatic N) is 3. The van der Waals surface area contributed by atoms with E-state index < -0.39 is 11.6 Å². The monoisotopic (exact) mass is 466 g/mol. The summed E-state index contributed by atoms with van der Waals surface area (Å²) in [5, 5.41) is 3.22. The van der Waals surface area contributed by atoms with E-state index in [0.29, 0.717) is 36.6 Å². The minimum absolute atomic E-state index is 0. The van der Waals surface area contributed by atoms with E-state index in [4.69, 9.17) is 0 Å². The van der Waals surface area contributed by atoms with Crippen LogP contribution in [0.3, 0.4) is 0 Å². The second-order valence-corrected chi connectivity index (χ2v) is 6.42. The van der Waals surface area contributed by atoms with E-state index in [1.54, 1.807) is 14.1 Å². The van der Waals surface area contributed by atoms with Crippen molar-refractivity contribution in [3.63, 3.8) is 0 Å². The van der Waals surface area contributed by atoms with Crippen LogP contribution in [0.15, 0.2) is 17.1 Å². The number of rotatable bonds is 3. The van der Waals surface area contributed by atoms with E-state index in [0.717, 1.165) is 6.07 Å². The zero-order valence-electron chi connectivity index (χ0n) is 15.0. The Morgan fingerprint density at radius 3 is 2.64 bits per heavy atom. The van der Waals surface area contributed by atoms with E-state index in [1.807, 2.05) is 18.7 Å². The third-order valence-corrected chi connectivity index (χ3v) is 3.83. The molecule has 0 atom stereocenters. The molecule has 2 rings (SSSR count). The number of nitrogens with one attached hydrogen (secondary N) is 1. The maximum Gasteiger partial charge on any atom is 0.243 e. The molecule has 8 heteroatoms. The predicted octanol–water partition coefficient (Wildman–Crippen LogP) is 2.38. The van der Waals surface area contributed by atoms with Crippen LogP contribution in [0.25, 0.3) is 0 Å². The van der Waals surface area contributed by atoms with Gasteiger partial charge in [-0.2, -0.15) is 0 Å². The third kappa shape index (κ3) is 5.79. The Balaban J connectivity index is 0.00000312. The summed E-state index contributed by atoms with van der Waals surface area (Å²) in [7, 11) is 3.35. The van der Waals surface area contributed by atoms with Gasteiger partial charge in [-0.15, -0.1) is 24.0 Å². The highest BCUT2D eigenvalue weighted by Crippen LogP contribution is 2.23. The summed E-state index contributed by atoms with van der Waals surface area (Å²) in [5.74, 6) is -0.600. The van der Waals surface area contributed by atoms with Crippen LogP contribution in [0.1, 0.15) is 25.0 Å². The van der Waals surface area contributed by atoms with Gasteiger partial charge in [0.15, 0.2) is 5.96 Å². The van der Waals surface area contributed by atoms with Gasteiger partial charge in [-0.3, -0.25) is 4.79 Å². The summed E-state index contributed by atoms with van der Waals surface area (Å²) in [4.78, 5) is 19.6. The molecule has 25 heavy (non-hydrogen) atoms. The van der Waals surface area contributed by atoms with Crippen LogP contribution in [-0.4, -0.2) is 54.9 Å². The van der Waals surface area contributed by atoms with Gasteiger partial charge in [0.2, 0.25) is 5.91 Å². The van der Waals surface area contributed by atoms with Crippen molar-refractivity contribution in [1.29, 1.82) is 0 Å². The number of benzene rings is 1. The van der Waals surface area contributed by atoms with Crippen molar-refractivity contribution in [2.24, 2.45) is 4.99 Å². The van der Waals surface area contributed by atoms with Crippen LogP contribution < -0.4 is 5.32 Å². The molecular weight excluding hydrogens is 441 g/mol. The number of hydrogen-bond acceptors (Lipinski definition) is 2. The quantitative estimate of drug-likeness (QED) is 0.423. The summed E-state index contributed by atoms with van der Waals surface area (Å²) in [6.07, 6.45) is 0.474. The van der Waals surface area contributed by atoms with E-state index >= 15 is 0 Å². The smallest absolute Gasteiger partial charge is 0.243 e. The third-order valence-electron chi connectivity index (χ3n) is 3.83. The van der Waals surface area contributed by atoms with Crippen molar-refractivity contribution in [3.05, 3.63) is 34.9 Å². The van der Waals surface area contributed by atoms with Crippen LogP contribution in [0.5, 0.6) is 0 Å². The SMILES string of the molecule is CC(C)NC(=NCC(=O)N(C)C)N1CCc2c(F)cc(F)cc2C1.I. The molecule has 1 aliphatic heterocycles. The molecule has 5 nitrogen and oxygen atoms in total. The van der Waals surface area contributed by atoms with Crippen LogP contribution in [0, 0.1) is 11.6 Å². The van der Waals surface area contributed by atoms with Gasteiger partial charge in [0.1, 0.15) is 18.2 Å². The van der Waals surface area contributed by atoms with E-state index in [2.05, 4.69) is 10.3 Å². The Bertz CT molecular complexity index is 650. The first-order chi connectivity index (χ1) is 11.3. The first kappa shape index (κ1) is 21.6. The van der Waals surface area contributed by atoms with E-state index in [9.17, 15) is 13.6 Å². The Labute approximate surface area is 164 Å². The lowest BCUT2D eigenvalue weighted by molar-refractivity contribution is -0.127. The molecule has 0 spiro atoms. The maximum absolute atomic E-state index is 13.9. The first-order valence-electron chi connectivity index (χ1n) is 8.00. The van der Waals surface area contributed by atoms with Crippen molar-refractivity contribution >= 4 is 35.8 Å². The number of carbonyl (C=O) groups is 1. The van der Waals surface area contributed by atoms with Crippen LogP contribution in [-0.2, 0) is 17.8 Å². The summed E-state index contributed by atoms with van der Waals surface area (Å²) >= 11 is 0. The van der Waals surface area contributed by atoms with Crippen molar-refractivity contribution in [2.45, 2.75) is 32.9 Å². The molecule has 0 radical (unpaired) electrons. The van der Waals surface area contributed by atoms with Crippen LogP contribution in [0.2, 0.25) is 0 Å². The molecule has 0 bridgehead atoms. The second-order valence-electron chi connectivity index (χ2n) is 6.42. The summed E-state index contributed by atoms with van der Waals surface area (Å²) in [6, 6.07) is 2.41. The Kier molecular flexibility index (Phi) is 8.04. The van der Waals surface area contributed by atoms with Crippen molar-refractivity contribution in [3.8, 4) is 0 Å². The number of guanidine groups is 1. The minimum atomic E-state index is -0.578. The number of halogens is 3. The molecule has 0 unspecified atom stereocenters. The molecule has 0 fully saturated rings. The lowest BCUT2D eigenvalue weighted by atomic mass is 9.99. The fraction of sp³-hybridized carbons (Fsp3) is 0.529. The lowest BCUT2D eigenvalue weighted by Gasteiger charge is -2.33. The predicted molar refractivity (Wildman–Crippen MR) is 105 cm³/mol. The van der Waals surface area contributed by atoms with Crippen molar-refractivity contribution in [2.75, 3.05) is 27.2 Å². The summed E-state index contributed by atoms with van der Waals surface area (Å²) in [5.41, 5.74) is 1.18. The number of hydrogen-bond donors (Lipinski definition) is 1. The van der Waals surface area contributed by atoms with E-state index in [1.165, 1.54) is 11.0 Å². The standard InChI is InChI=1S/C17H24F2N4O.HI/c1-11(2)21-17(20-9-16(24)22(3)4)23-6-5-14-12(10-23)7-13(18)8-15(14)19;/h7-8,11H,5-6,9-10H2,1-4H3,(H,20,21);1H. The lowest BCUT2D eigenvalue weighted by Crippen LogP contribution is -2.47. The highest BCUT2D eigenvalue weighted by molar-refractivity contribution is 14.0. The highest BCUT2D eigenvalue weighted by Gasteiger charge is 2.23. The zero-order chi connectivity index (χ0) is 17.9. The molecular formula is C17H25F2IN4O. The molecule has 0 aliphatic carbocycles. The van der Waals surface area contributed by atoms with E-state index in [-0.39, 0.29) is 42.5 Å². The van der Waals surface area contributed by atoms with Gasteiger partial charge in [-0.1, -0.05) is 0 Å². The average Bonchev–Trinajstić information content (AvgIpc) is 2.49. The Morgan fingerprint density at radius 1 is 1.36 bits per heavy atom. The normalized spacial score (nSPS) is 14.0. The number of fused-ring (bicyclic) bond motifs is 1. The molecule has 0 aromatic heterocycles. The fourth-order valence-corrected chi connectivity index (χ4v) is 2.57. The van der Waals surface area contributed by atoms with Crippen molar-refractivity contribution in [1.82, 2.24) is 15.1 Å². The molecule has 140 valence electrons. The van der Waals surface area contributed by atoms with Gasteiger partial charge >= 0.3 is 0 Å².